The summed E-state index contributed by atoms with van der Waals surface area (Å²) in [5.74, 6) is -1.04. The molecule has 0 aliphatic heterocycles. The average Bonchev–Trinajstić information content (AvgIpc) is 2.89. The molecular formula is C30H33Cl4N3O4S. The van der Waals surface area contributed by atoms with E-state index in [2.05, 4.69) is 5.32 Å². The van der Waals surface area contributed by atoms with Crippen LogP contribution in [0.3, 0.4) is 0 Å². The van der Waals surface area contributed by atoms with Crippen LogP contribution in [0.25, 0.3) is 0 Å². The van der Waals surface area contributed by atoms with Crippen molar-refractivity contribution in [2.24, 2.45) is 0 Å². The number of hydrogen-bond donors (Lipinski definition) is 1. The quantitative estimate of drug-likeness (QED) is 0.241. The van der Waals surface area contributed by atoms with Gasteiger partial charge in [-0.05, 0) is 76.1 Å². The van der Waals surface area contributed by atoms with Crippen molar-refractivity contribution in [1.82, 2.24) is 10.2 Å². The topological polar surface area (TPSA) is 86.8 Å². The highest BCUT2D eigenvalue weighted by Gasteiger charge is 2.35. The molecule has 12 heteroatoms. The lowest BCUT2D eigenvalue weighted by atomic mass is 10.1. The summed E-state index contributed by atoms with van der Waals surface area (Å²) in [5.41, 5.74) is 0.839. The van der Waals surface area contributed by atoms with Gasteiger partial charge >= 0.3 is 0 Å². The molecule has 0 heterocycles. The lowest BCUT2D eigenvalue weighted by Gasteiger charge is -2.35. The number of nitrogens with one attached hydrogen (secondary N) is 1. The van der Waals surface area contributed by atoms with Gasteiger partial charge in [-0.15, -0.1) is 0 Å². The summed E-state index contributed by atoms with van der Waals surface area (Å²) in [6.45, 7) is 8.35. The molecule has 0 aliphatic carbocycles. The Hall–Kier alpha value is -2.49. The molecule has 0 fully saturated rings. The molecule has 42 heavy (non-hydrogen) atoms. The minimum atomic E-state index is -4.31. The fourth-order valence-electron chi connectivity index (χ4n) is 4.24. The molecule has 2 amide bonds. The van der Waals surface area contributed by atoms with Crippen molar-refractivity contribution in [1.29, 1.82) is 0 Å². The summed E-state index contributed by atoms with van der Waals surface area (Å²) >= 11 is 25.3. The van der Waals surface area contributed by atoms with Crippen molar-refractivity contribution in [3.63, 3.8) is 0 Å². The van der Waals surface area contributed by atoms with Gasteiger partial charge in [-0.25, -0.2) is 8.42 Å². The predicted molar refractivity (Wildman–Crippen MR) is 171 cm³/mol. The molecule has 0 saturated heterocycles. The second-order valence-corrected chi connectivity index (χ2v) is 14.3. The molecule has 0 spiro atoms. The van der Waals surface area contributed by atoms with Gasteiger partial charge in [0.25, 0.3) is 10.0 Å². The molecule has 3 aromatic carbocycles. The van der Waals surface area contributed by atoms with Gasteiger partial charge < -0.3 is 10.2 Å². The van der Waals surface area contributed by atoms with Crippen LogP contribution in [0.4, 0.5) is 5.69 Å². The average molecular weight is 673 g/mol. The largest absolute Gasteiger partial charge is 0.350 e. The third-order valence-electron chi connectivity index (χ3n) is 6.33. The minimum absolute atomic E-state index is 0.0229. The Kier molecular flexibility index (Phi) is 11.2. The number of amides is 2. The summed E-state index contributed by atoms with van der Waals surface area (Å²) in [6, 6.07) is 14.6. The van der Waals surface area contributed by atoms with Crippen LogP contribution in [0.5, 0.6) is 0 Å². The monoisotopic (exact) mass is 671 g/mol. The summed E-state index contributed by atoms with van der Waals surface area (Å²) < 4.78 is 28.9. The summed E-state index contributed by atoms with van der Waals surface area (Å²) in [5, 5.41) is 3.71. The van der Waals surface area contributed by atoms with Crippen molar-refractivity contribution < 1.29 is 18.0 Å². The molecule has 7 nitrogen and oxygen atoms in total. The highest BCUT2D eigenvalue weighted by atomic mass is 35.5. The van der Waals surface area contributed by atoms with Gasteiger partial charge in [0.1, 0.15) is 12.6 Å². The van der Waals surface area contributed by atoms with E-state index in [1.54, 1.807) is 37.3 Å². The van der Waals surface area contributed by atoms with Crippen molar-refractivity contribution in [2.75, 3.05) is 10.8 Å². The lowest BCUT2D eigenvalue weighted by molar-refractivity contribution is -0.141. The number of carbonyl (C=O) groups excluding carboxylic acids is 2. The SMILES string of the molecule is CC[C@H](C(=O)NC(C)(C)C)N(Cc1ccc(Cl)cc1Cl)C(=O)CN(c1cccc(Cl)c1Cl)S(=O)(=O)c1ccc(C)cc1. The lowest BCUT2D eigenvalue weighted by Crippen LogP contribution is -2.55. The van der Waals surface area contributed by atoms with Crippen molar-refractivity contribution in [2.45, 2.75) is 64.1 Å². The summed E-state index contributed by atoms with van der Waals surface area (Å²) in [7, 11) is -4.31. The van der Waals surface area contributed by atoms with E-state index in [0.29, 0.717) is 15.6 Å². The number of hydrogen-bond acceptors (Lipinski definition) is 4. The van der Waals surface area contributed by atoms with Gasteiger partial charge in [-0.3, -0.25) is 13.9 Å². The molecule has 0 unspecified atom stereocenters. The van der Waals surface area contributed by atoms with E-state index in [9.17, 15) is 18.0 Å². The van der Waals surface area contributed by atoms with E-state index in [4.69, 9.17) is 46.4 Å². The maximum atomic E-state index is 14.2. The van der Waals surface area contributed by atoms with Crippen molar-refractivity contribution >= 4 is 73.9 Å². The molecule has 1 atom stereocenters. The Morgan fingerprint density at radius 2 is 1.57 bits per heavy atom. The smallest absolute Gasteiger partial charge is 0.264 e. The maximum Gasteiger partial charge on any atom is 0.264 e. The zero-order chi connectivity index (χ0) is 31.4. The number of carbonyl (C=O) groups is 2. The zero-order valence-electron chi connectivity index (χ0n) is 23.9. The Balaban J connectivity index is 2.14. The second-order valence-electron chi connectivity index (χ2n) is 10.8. The highest BCUT2D eigenvalue weighted by Crippen LogP contribution is 2.36. The van der Waals surface area contributed by atoms with E-state index in [1.807, 2.05) is 27.7 Å². The minimum Gasteiger partial charge on any atom is -0.350 e. The Morgan fingerprint density at radius 1 is 0.929 bits per heavy atom. The number of anilines is 1. The van der Waals surface area contributed by atoms with Crippen LogP contribution < -0.4 is 9.62 Å². The molecule has 226 valence electrons. The van der Waals surface area contributed by atoms with Gasteiger partial charge in [-0.1, -0.05) is 83.2 Å². The molecule has 0 aromatic heterocycles. The first-order chi connectivity index (χ1) is 19.5. The standard InChI is InChI=1S/C30H33Cl4N3O4S/c1-6-25(29(39)35-30(3,4)5)36(17-20-12-13-21(31)16-24(20)33)27(38)18-37(26-9-7-8-23(32)28(26)34)42(40,41)22-14-10-19(2)11-15-22/h7-16,25H,6,17-18H2,1-5H3,(H,35,39)/t25-/m1/s1. The van der Waals surface area contributed by atoms with Gasteiger partial charge in [0, 0.05) is 22.1 Å². The van der Waals surface area contributed by atoms with Crippen LogP contribution in [-0.2, 0) is 26.2 Å². The molecule has 0 aliphatic rings. The van der Waals surface area contributed by atoms with Gasteiger partial charge in [-0.2, -0.15) is 0 Å². The van der Waals surface area contributed by atoms with Crippen LogP contribution in [0.1, 0.15) is 45.2 Å². The summed E-state index contributed by atoms with van der Waals surface area (Å²) in [6.07, 6.45) is 0.251. The Morgan fingerprint density at radius 3 is 2.14 bits per heavy atom. The van der Waals surface area contributed by atoms with Crippen molar-refractivity contribution in [3.8, 4) is 0 Å². The normalized spacial score (nSPS) is 12.5. The number of rotatable bonds is 10. The van der Waals surface area contributed by atoms with Crippen LogP contribution >= 0.6 is 46.4 Å². The van der Waals surface area contributed by atoms with Gasteiger partial charge in [0.05, 0.1) is 20.6 Å². The predicted octanol–water partition coefficient (Wildman–Crippen LogP) is 7.53. The van der Waals surface area contributed by atoms with E-state index in [1.165, 1.54) is 35.2 Å². The fourth-order valence-corrected chi connectivity index (χ4v) is 6.58. The van der Waals surface area contributed by atoms with E-state index >= 15 is 0 Å². The van der Waals surface area contributed by atoms with E-state index < -0.39 is 40.0 Å². The highest BCUT2D eigenvalue weighted by molar-refractivity contribution is 7.92. The number of sulfonamides is 1. The third-order valence-corrected chi connectivity index (χ3v) is 9.50. The van der Waals surface area contributed by atoms with E-state index in [0.717, 1.165) is 9.87 Å². The molecule has 3 rings (SSSR count). The molecular weight excluding hydrogens is 640 g/mol. The Labute approximate surface area is 267 Å². The second kappa shape index (κ2) is 13.9. The summed E-state index contributed by atoms with van der Waals surface area (Å²) in [4.78, 5) is 28.9. The molecule has 0 saturated carbocycles. The number of halogens is 4. The third kappa shape index (κ3) is 8.32. The van der Waals surface area contributed by atoms with E-state index in [-0.39, 0.29) is 33.6 Å². The first kappa shape index (κ1) is 34.0. The molecule has 3 aromatic rings. The van der Waals surface area contributed by atoms with Crippen molar-refractivity contribution in [3.05, 3.63) is 91.9 Å². The molecule has 0 radical (unpaired) electrons. The first-order valence-corrected chi connectivity index (χ1v) is 16.1. The fraction of sp³-hybridized carbons (Fsp3) is 0.333. The van der Waals surface area contributed by atoms with Gasteiger partial charge in [0.2, 0.25) is 11.8 Å². The molecule has 1 N–H and O–H groups in total. The van der Waals surface area contributed by atoms with Gasteiger partial charge in [0.15, 0.2) is 0 Å². The first-order valence-electron chi connectivity index (χ1n) is 13.1. The molecule has 0 bridgehead atoms. The maximum absolute atomic E-state index is 14.2. The van der Waals surface area contributed by atoms with Crippen LogP contribution in [0, 0.1) is 6.92 Å². The number of aryl methyl sites for hydroxylation is 1. The van der Waals surface area contributed by atoms with Crippen LogP contribution in [0.15, 0.2) is 65.6 Å². The van der Waals surface area contributed by atoms with Crippen LogP contribution in [0.2, 0.25) is 20.1 Å². The number of nitrogens with zero attached hydrogens (tertiary/aromatic N) is 2. The number of benzene rings is 3. The zero-order valence-corrected chi connectivity index (χ0v) is 27.8. The Bertz CT molecular complexity index is 1560. The van der Waals surface area contributed by atoms with Crippen LogP contribution in [-0.4, -0.2) is 43.3 Å².